The van der Waals surface area contributed by atoms with Crippen LogP contribution in [-0.2, 0) is 4.84 Å². The van der Waals surface area contributed by atoms with E-state index in [4.69, 9.17) is 11.6 Å². The second kappa shape index (κ2) is 4.07. The molecule has 3 nitrogen and oxygen atoms in total. The zero-order valence-electron chi connectivity index (χ0n) is 6.91. The molecule has 0 spiro atoms. The summed E-state index contributed by atoms with van der Waals surface area (Å²) in [6, 6.07) is 3.56. The summed E-state index contributed by atoms with van der Waals surface area (Å²) in [5, 5.41) is 4.22. The molecule has 0 atom stereocenters. The van der Waals surface area contributed by atoms with Crippen molar-refractivity contribution in [2.75, 3.05) is 7.11 Å². The minimum atomic E-state index is 0.457. The van der Waals surface area contributed by atoms with E-state index < -0.39 is 0 Å². The van der Waals surface area contributed by atoms with Crippen LogP contribution in [0.25, 0.3) is 0 Å². The second-order valence-electron chi connectivity index (χ2n) is 2.23. The van der Waals surface area contributed by atoms with Crippen molar-refractivity contribution < 1.29 is 4.84 Å². The molecule has 1 aromatic rings. The number of rotatable bonds is 2. The smallest absolute Gasteiger partial charge is 0.129 e. The Morgan fingerprint density at radius 3 is 3.00 bits per heavy atom. The molecule has 4 heteroatoms. The Bertz CT molecular complexity index is 299. The number of oxime groups is 1. The molecule has 0 fully saturated rings. The van der Waals surface area contributed by atoms with E-state index in [-0.39, 0.29) is 0 Å². The number of nitrogens with zero attached hydrogens (tertiary/aromatic N) is 2. The van der Waals surface area contributed by atoms with Crippen molar-refractivity contribution >= 4 is 17.3 Å². The standard InChI is InChI=1S/C8H9ClN2O/c1-6(11-12-2)7-3-4-10-8(9)5-7/h3-5H,1-2H3. The van der Waals surface area contributed by atoms with Gasteiger partial charge in [0.05, 0.1) is 5.71 Å². The summed E-state index contributed by atoms with van der Waals surface area (Å²) >= 11 is 5.68. The second-order valence-corrected chi connectivity index (χ2v) is 2.61. The Morgan fingerprint density at radius 2 is 2.42 bits per heavy atom. The fourth-order valence-electron chi connectivity index (χ4n) is 0.817. The monoisotopic (exact) mass is 184 g/mol. The quantitative estimate of drug-likeness (QED) is 0.401. The Balaban J connectivity index is 2.95. The summed E-state index contributed by atoms with van der Waals surface area (Å²) < 4.78 is 0. The maximum atomic E-state index is 5.68. The Hall–Kier alpha value is -1.09. The van der Waals surface area contributed by atoms with Gasteiger partial charge in [-0.25, -0.2) is 4.98 Å². The van der Waals surface area contributed by atoms with Crippen molar-refractivity contribution in [1.29, 1.82) is 0 Å². The van der Waals surface area contributed by atoms with E-state index in [9.17, 15) is 0 Å². The molecule has 0 aliphatic heterocycles. The van der Waals surface area contributed by atoms with E-state index in [0.29, 0.717) is 5.15 Å². The largest absolute Gasteiger partial charge is 0.399 e. The van der Waals surface area contributed by atoms with Crippen molar-refractivity contribution in [3.63, 3.8) is 0 Å². The van der Waals surface area contributed by atoms with Crippen LogP contribution >= 0.6 is 11.6 Å². The van der Waals surface area contributed by atoms with Crippen LogP contribution in [0.4, 0.5) is 0 Å². The van der Waals surface area contributed by atoms with Crippen LogP contribution in [0.5, 0.6) is 0 Å². The molecular formula is C8H9ClN2O. The topological polar surface area (TPSA) is 34.5 Å². The minimum absolute atomic E-state index is 0.457. The zero-order valence-corrected chi connectivity index (χ0v) is 7.67. The predicted molar refractivity (Wildman–Crippen MR) is 48.5 cm³/mol. The molecule has 0 aliphatic rings. The van der Waals surface area contributed by atoms with Gasteiger partial charge in [-0.2, -0.15) is 0 Å². The van der Waals surface area contributed by atoms with Crippen molar-refractivity contribution in [3.05, 3.63) is 29.0 Å². The van der Waals surface area contributed by atoms with Gasteiger partial charge in [-0.15, -0.1) is 0 Å². The van der Waals surface area contributed by atoms with Gasteiger partial charge in [0, 0.05) is 11.8 Å². The average Bonchev–Trinajstić information content (AvgIpc) is 2.05. The van der Waals surface area contributed by atoms with E-state index >= 15 is 0 Å². The van der Waals surface area contributed by atoms with Crippen molar-refractivity contribution in [3.8, 4) is 0 Å². The summed E-state index contributed by atoms with van der Waals surface area (Å²) in [5.41, 5.74) is 1.69. The normalized spacial score (nSPS) is 11.4. The first-order valence-corrected chi connectivity index (χ1v) is 3.81. The highest BCUT2D eigenvalue weighted by Gasteiger charge is 1.98. The third kappa shape index (κ3) is 2.20. The SMILES string of the molecule is CON=C(C)c1ccnc(Cl)c1. The fourth-order valence-corrected chi connectivity index (χ4v) is 0.991. The third-order valence-corrected chi connectivity index (χ3v) is 1.58. The van der Waals surface area contributed by atoms with Gasteiger partial charge in [0.15, 0.2) is 0 Å². The molecule has 0 saturated carbocycles. The molecule has 1 aromatic heterocycles. The van der Waals surface area contributed by atoms with Crippen molar-refractivity contribution in [2.45, 2.75) is 6.92 Å². The summed E-state index contributed by atoms with van der Waals surface area (Å²) in [7, 11) is 1.51. The van der Waals surface area contributed by atoms with Crippen LogP contribution in [0.1, 0.15) is 12.5 Å². The first kappa shape index (κ1) is 9.00. The average molecular weight is 185 g/mol. The van der Waals surface area contributed by atoms with Gasteiger partial charge in [0.1, 0.15) is 12.3 Å². The molecule has 1 rings (SSSR count). The lowest BCUT2D eigenvalue weighted by Crippen LogP contribution is -1.95. The molecule has 1 heterocycles. The zero-order chi connectivity index (χ0) is 8.97. The van der Waals surface area contributed by atoms with Crippen molar-refractivity contribution in [2.24, 2.45) is 5.16 Å². The lowest BCUT2D eigenvalue weighted by molar-refractivity contribution is 0.213. The lowest BCUT2D eigenvalue weighted by Gasteiger charge is -1.98. The van der Waals surface area contributed by atoms with Crippen LogP contribution < -0.4 is 0 Å². The Kier molecular flexibility index (Phi) is 3.05. The highest BCUT2D eigenvalue weighted by atomic mass is 35.5. The molecule has 0 amide bonds. The van der Waals surface area contributed by atoms with Crippen LogP contribution in [0, 0.1) is 0 Å². The van der Waals surface area contributed by atoms with E-state index in [2.05, 4.69) is 15.0 Å². The van der Waals surface area contributed by atoms with Gasteiger partial charge in [-0.3, -0.25) is 0 Å². The third-order valence-electron chi connectivity index (χ3n) is 1.37. The molecule has 0 N–H and O–H groups in total. The molecule has 0 bridgehead atoms. The number of aromatic nitrogens is 1. The number of hydrogen-bond donors (Lipinski definition) is 0. The maximum absolute atomic E-state index is 5.68. The van der Waals surface area contributed by atoms with Gasteiger partial charge in [0.25, 0.3) is 0 Å². The van der Waals surface area contributed by atoms with Crippen LogP contribution in [-0.4, -0.2) is 17.8 Å². The first-order chi connectivity index (χ1) is 5.74. The number of pyridine rings is 1. The van der Waals surface area contributed by atoms with E-state index in [1.807, 2.05) is 13.0 Å². The van der Waals surface area contributed by atoms with Crippen LogP contribution in [0.3, 0.4) is 0 Å². The molecule has 12 heavy (non-hydrogen) atoms. The Morgan fingerprint density at radius 1 is 1.67 bits per heavy atom. The Labute approximate surface area is 76.0 Å². The predicted octanol–water partition coefficient (Wildman–Crippen LogP) is 2.11. The summed E-state index contributed by atoms with van der Waals surface area (Å²) in [4.78, 5) is 8.47. The van der Waals surface area contributed by atoms with Crippen LogP contribution in [0.15, 0.2) is 23.5 Å². The highest BCUT2D eigenvalue weighted by molar-refractivity contribution is 6.29. The molecule has 0 aliphatic carbocycles. The summed E-state index contributed by atoms with van der Waals surface area (Å²) in [6.45, 7) is 1.84. The molecule has 0 radical (unpaired) electrons. The van der Waals surface area contributed by atoms with Crippen molar-refractivity contribution in [1.82, 2.24) is 4.98 Å². The van der Waals surface area contributed by atoms with Gasteiger partial charge in [-0.1, -0.05) is 16.8 Å². The number of hydrogen-bond acceptors (Lipinski definition) is 3. The molecule has 0 aromatic carbocycles. The highest BCUT2D eigenvalue weighted by Crippen LogP contribution is 2.07. The molecule has 64 valence electrons. The van der Waals surface area contributed by atoms with Gasteiger partial charge < -0.3 is 4.84 Å². The first-order valence-electron chi connectivity index (χ1n) is 3.43. The number of halogens is 1. The lowest BCUT2D eigenvalue weighted by atomic mass is 10.2. The van der Waals surface area contributed by atoms with Crippen LogP contribution in [0.2, 0.25) is 5.15 Å². The fraction of sp³-hybridized carbons (Fsp3) is 0.250. The van der Waals surface area contributed by atoms with E-state index in [0.717, 1.165) is 11.3 Å². The minimum Gasteiger partial charge on any atom is -0.399 e. The molecule has 0 saturated heterocycles. The summed E-state index contributed by atoms with van der Waals surface area (Å²) in [5.74, 6) is 0. The summed E-state index contributed by atoms with van der Waals surface area (Å²) in [6.07, 6.45) is 1.63. The van der Waals surface area contributed by atoms with E-state index in [1.54, 1.807) is 12.3 Å². The molecule has 0 unspecified atom stereocenters. The maximum Gasteiger partial charge on any atom is 0.129 e. The van der Waals surface area contributed by atoms with E-state index in [1.165, 1.54) is 7.11 Å². The van der Waals surface area contributed by atoms with Gasteiger partial charge in [0.2, 0.25) is 0 Å². The molecular weight excluding hydrogens is 176 g/mol. The van der Waals surface area contributed by atoms with Gasteiger partial charge in [-0.05, 0) is 19.1 Å². The van der Waals surface area contributed by atoms with Gasteiger partial charge >= 0.3 is 0 Å².